The zero-order chi connectivity index (χ0) is 9.30. The molecule has 66 valence electrons. The van der Waals surface area contributed by atoms with Gasteiger partial charge in [-0.15, -0.1) is 0 Å². The van der Waals surface area contributed by atoms with Crippen molar-refractivity contribution in [1.82, 2.24) is 0 Å². The third kappa shape index (κ3) is 1.91. The highest BCUT2D eigenvalue weighted by molar-refractivity contribution is 14.1. The summed E-state index contributed by atoms with van der Waals surface area (Å²) in [5.41, 5.74) is 2.00. The number of aryl methyl sites for hydroxylation is 1. The minimum Gasteiger partial charge on any atom is -0.507 e. The molecule has 1 rings (SSSR count). The first-order valence-corrected chi connectivity index (χ1v) is 5.09. The van der Waals surface area contributed by atoms with E-state index in [1.807, 2.05) is 19.1 Å². The van der Waals surface area contributed by atoms with Crippen LogP contribution in [0, 0.1) is 10.5 Å². The van der Waals surface area contributed by atoms with Gasteiger partial charge in [-0.1, -0.05) is 13.8 Å². The SMILES string of the molecule is Cc1cc(I)cc(C(C)C)c1O. The monoisotopic (exact) mass is 276 g/mol. The molecule has 0 spiro atoms. The van der Waals surface area contributed by atoms with Crippen LogP contribution in [0.3, 0.4) is 0 Å². The number of rotatable bonds is 1. The second-order valence-electron chi connectivity index (χ2n) is 3.32. The third-order valence-electron chi connectivity index (χ3n) is 1.92. The normalized spacial score (nSPS) is 10.8. The molecule has 0 aliphatic carbocycles. The molecule has 0 saturated carbocycles. The van der Waals surface area contributed by atoms with Crippen LogP contribution >= 0.6 is 22.6 Å². The van der Waals surface area contributed by atoms with E-state index in [2.05, 4.69) is 36.4 Å². The summed E-state index contributed by atoms with van der Waals surface area (Å²) in [5, 5.41) is 9.69. The number of phenolic OH excluding ortho intramolecular Hbond substituents is 1. The number of halogens is 1. The minimum absolute atomic E-state index is 0.387. The molecule has 1 N–H and O–H groups in total. The Morgan fingerprint density at radius 1 is 1.33 bits per heavy atom. The van der Waals surface area contributed by atoms with Crippen LogP contribution in [0.4, 0.5) is 0 Å². The highest BCUT2D eigenvalue weighted by Gasteiger charge is 2.08. The highest BCUT2D eigenvalue weighted by Crippen LogP contribution is 2.30. The van der Waals surface area contributed by atoms with E-state index in [1.54, 1.807) is 0 Å². The van der Waals surface area contributed by atoms with Gasteiger partial charge < -0.3 is 5.11 Å². The molecule has 0 aliphatic rings. The molecule has 0 unspecified atom stereocenters. The Labute approximate surface area is 86.9 Å². The Kier molecular flexibility index (Phi) is 2.99. The molecule has 0 fully saturated rings. The summed E-state index contributed by atoms with van der Waals surface area (Å²) >= 11 is 2.27. The van der Waals surface area contributed by atoms with Crippen molar-refractivity contribution in [3.8, 4) is 5.75 Å². The van der Waals surface area contributed by atoms with Gasteiger partial charge in [0, 0.05) is 3.57 Å². The first-order valence-electron chi connectivity index (χ1n) is 4.01. The van der Waals surface area contributed by atoms with Crippen LogP contribution in [0.25, 0.3) is 0 Å². The fourth-order valence-corrected chi connectivity index (χ4v) is 2.00. The maximum Gasteiger partial charge on any atom is 0.122 e. The molecule has 0 bridgehead atoms. The summed E-state index contributed by atoms with van der Waals surface area (Å²) in [4.78, 5) is 0. The van der Waals surface area contributed by atoms with Gasteiger partial charge in [0.05, 0.1) is 0 Å². The molecule has 0 saturated heterocycles. The maximum absolute atomic E-state index is 9.69. The summed E-state index contributed by atoms with van der Waals surface area (Å²) in [6, 6.07) is 4.02. The second-order valence-corrected chi connectivity index (χ2v) is 4.56. The van der Waals surface area contributed by atoms with Gasteiger partial charge in [0.25, 0.3) is 0 Å². The zero-order valence-electron chi connectivity index (χ0n) is 7.56. The standard InChI is InChI=1S/C10H13IO/c1-6(2)9-5-8(11)4-7(3)10(9)12/h4-6,12H,1-3H3. The molecular weight excluding hydrogens is 263 g/mol. The highest BCUT2D eigenvalue weighted by atomic mass is 127. The lowest BCUT2D eigenvalue weighted by atomic mass is 10.00. The van der Waals surface area contributed by atoms with Crippen LogP contribution in [0.1, 0.15) is 30.9 Å². The minimum atomic E-state index is 0.387. The van der Waals surface area contributed by atoms with Crippen LogP contribution in [0.15, 0.2) is 12.1 Å². The Hall–Kier alpha value is -0.250. The Morgan fingerprint density at radius 2 is 1.92 bits per heavy atom. The molecule has 1 aromatic carbocycles. The first-order chi connectivity index (χ1) is 5.52. The number of benzene rings is 1. The predicted molar refractivity (Wildman–Crippen MR) is 59.6 cm³/mol. The van der Waals surface area contributed by atoms with Crippen molar-refractivity contribution in [3.05, 3.63) is 26.8 Å². The van der Waals surface area contributed by atoms with Gasteiger partial charge in [0.1, 0.15) is 5.75 Å². The van der Waals surface area contributed by atoms with E-state index in [-0.39, 0.29) is 0 Å². The van der Waals surface area contributed by atoms with Gasteiger partial charge in [-0.3, -0.25) is 0 Å². The number of hydrogen-bond acceptors (Lipinski definition) is 1. The molecule has 0 aliphatic heterocycles. The van der Waals surface area contributed by atoms with E-state index < -0.39 is 0 Å². The van der Waals surface area contributed by atoms with Crippen molar-refractivity contribution in [2.24, 2.45) is 0 Å². The lowest BCUT2D eigenvalue weighted by Crippen LogP contribution is -1.91. The van der Waals surface area contributed by atoms with Gasteiger partial charge >= 0.3 is 0 Å². The van der Waals surface area contributed by atoms with Crippen molar-refractivity contribution >= 4 is 22.6 Å². The number of hydrogen-bond donors (Lipinski definition) is 1. The second kappa shape index (κ2) is 3.64. The molecular formula is C10H13IO. The van der Waals surface area contributed by atoms with Crippen molar-refractivity contribution in [2.45, 2.75) is 26.7 Å². The van der Waals surface area contributed by atoms with Crippen LogP contribution in [0.2, 0.25) is 0 Å². The average molecular weight is 276 g/mol. The van der Waals surface area contributed by atoms with Gasteiger partial charge in [-0.05, 0) is 58.7 Å². The van der Waals surface area contributed by atoms with E-state index in [9.17, 15) is 5.11 Å². The number of phenols is 1. The van der Waals surface area contributed by atoms with Gasteiger partial charge in [-0.25, -0.2) is 0 Å². The van der Waals surface area contributed by atoms with E-state index >= 15 is 0 Å². The van der Waals surface area contributed by atoms with E-state index in [1.165, 1.54) is 3.57 Å². The van der Waals surface area contributed by atoms with Crippen LogP contribution in [-0.2, 0) is 0 Å². The van der Waals surface area contributed by atoms with Crippen molar-refractivity contribution in [3.63, 3.8) is 0 Å². The molecule has 2 heteroatoms. The van der Waals surface area contributed by atoms with E-state index in [4.69, 9.17) is 0 Å². The largest absolute Gasteiger partial charge is 0.507 e. The van der Waals surface area contributed by atoms with Crippen LogP contribution < -0.4 is 0 Å². The Balaban J connectivity index is 3.28. The third-order valence-corrected chi connectivity index (χ3v) is 2.54. The fraction of sp³-hybridized carbons (Fsp3) is 0.400. The lowest BCUT2D eigenvalue weighted by molar-refractivity contribution is 0.460. The Morgan fingerprint density at radius 3 is 2.42 bits per heavy atom. The number of aromatic hydroxyl groups is 1. The summed E-state index contributed by atoms with van der Waals surface area (Å²) < 4.78 is 1.19. The lowest BCUT2D eigenvalue weighted by Gasteiger charge is -2.10. The molecule has 0 radical (unpaired) electrons. The fourth-order valence-electron chi connectivity index (χ4n) is 1.20. The van der Waals surface area contributed by atoms with Crippen molar-refractivity contribution in [2.75, 3.05) is 0 Å². The van der Waals surface area contributed by atoms with Crippen molar-refractivity contribution in [1.29, 1.82) is 0 Å². The smallest absolute Gasteiger partial charge is 0.122 e. The molecule has 0 aromatic heterocycles. The average Bonchev–Trinajstić information content (AvgIpc) is 1.96. The van der Waals surface area contributed by atoms with Crippen molar-refractivity contribution < 1.29 is 5.11 Å². The first kappa shape index (κ1) is 9.84. The van der Waals surface area contributed by atoms with E-state index in [0.717, 1.165) is 11.1 Å². The summed E-state index contributed by atoms with van der Waals surface area (Å²) in [7, 11) is 0. The quantitative estimate of drug-likeness (QED) is 0.779. The summed E-state index contributed by atoms with van der Waals surface area (Å²) in [6.45, 7) is 6.11. The molecule has 0 atom stereocenters. The maximum atomic E-state index is 9.69. The van der Waals surface area contributed by atoms with Crippen LogP contribution in [0.5, 0.6) is 5.75 Å². The molecule has 12 heavy (non-hydrogen) atoms. The Bertz CT molecular complexity index is 292. The van der Waals surface area contributed by atoms with Gasteiger partial charge in [0.2, 0.25) is 0 Å². The summed E-state index contributed by atoms with van der Waals surface area (Å²) in [5.74, 6) is 0.837. The molecule has 1 nitrogen and oxygen atoms in total. The zero-order valence-corrected chi connectivity index (χ0v) is 9.71. The van der Waals surface area contributed by atoms with Crippen LogP contribution in [-0.4, -0.2) is 5.11 Å². The van der Waals surface area contributed by atoms with Gasteiger partial charge in [-0.2, -0.15) is 0 Å². The topological polar surface area (TPSA) is 20.2 Å². The molecule has 1 aromatic rings. The predicted octanol–water partition coefficient (Wildman–Crippen LogP) is 3.43. The van der Waals surface area contributed by atoms with Gasteiger partial charge in [0.15, 0.2) is 0 Å². The molecule has 0 amide bonds. The summed E-state index contributed by atoms with van der Waals surface area (Å²) in [6.07, 6.45) is 0. The van der Waals surface area contributed by atoms with E-state index in [0.29, 0.717) is 11.7 Å². The molecule has 0 heterocycles.